The third-order valence-electron chi connectivity index (χ3n) is 1.97. The van der Waals surface area contributed by atoms with E-state index in [9.17, 15) is 10.2 Å². The largest absolute Gasteiger partial charge is 0.508 e. The third-order valence-corrected chi connectivity index (χ3v) is 1.97. The van der Waals surface area contributed by atoms with Gasteiger partial charge in [0.2, 0.25) is 5.88 Å². The molecule has 0 unspecified atom stereocenters. The number of aromatic hydroxyl groups is 2. The second-order valence-corrected chi connectivity index (χ2v) is 3.08. The molecule has 0 saturated carbocycles. The normalized spacial score (nSPS) is 10.4. The molecule has 0 amide bonds. The first kappa shape index (κ1) is 8.62. The lowest BCUT2D eigenvalue weighted by Gasteiger charge is -2.00. The summed E-state index contributed by atoms with van der Waals surface area (Å²) < 4.78 is 1.70. The van der Waals surface area contributed by atoms with Crippen molar-refractivity contribution in [2.75, 3.05) is 0 Å². The Morgan fingerprint density at radius 2 is 2.07 bits per heavy atom. The predicted octanol–water partition coefficient (Wildman–Crippen LogP) is 1.50. The zero-order valence-corrected chi connectivity index (χ0v) is 7.68. The van der Waals surface area contributed by atoms with Crippen molar-refractivity contribution < 1.29 is 10.2 Å². The van der Waals surface area contributed by atoms with Gasteiger partial charge in [-0.1, -0.05) is 12.1 Å². The topological polar surface area (TPSA) is 58.3 Å². The van der Waals surface area contributed by atoms with Crippen LogP contribution in [0.2, 0.25) is 0 Å². The van der Waals surface area contributed by atoms with Gasteiger partial charge < -0.3 is 14.8 Å². The van der Waals surface area contributed by atoms with Crippen LogP contribution in [0.25, 0.3) is 11.4 Å². The molecule has 0 fully saturated rings. The van der Waals surface area contributed by atoms with Crippen LogP contribution >= 0.6 is 0 Å². The highest BCUT2D eigenvalue weighted by molar-refractivity contribution is 5.58. The number of aryl methyl sites for hydroxylation is 1. The van der Waals surface area contributed by atoms with Gasteiger partial charge in [0.1, 0.15) is 11.6 Å². The van der Waals surface area contributed by atoms with Crippen LogP contribution in [0.4, 0.5) is 0 Å². The summed E-state index contributed by atoms with van der Waals surface area (Å²) in [6.45, 7) is 0. The van der Waals surface area contributed by atoms with Crippen molar-refractivity contribution in [1.29, 1.82) is 0 Å². The highest BCUT2D eigenvalue weighted by atomic mass is 16.3. The Morgan fingerprint density at radius 3 is 2.64 bits per heavy atom. The first-order valence-corrected chi connectivity index (χ1v) is 4.18. The number of aromatic nitrogens is 2. The van der Waals surface area contributed by atoms with Gasteiger partial charge in [-0.15, -0.1) is 0 Å². The quantitative estimate of drug-likeness (QED) is 0.716. The number of phenols is 1. The van der Waals surface area contributed by atoms with Gasteiger partial charge in [-0.05, 0) is 12.1 Å². The summed E-state index contributed by atoms with van der Waals surface area (Å²) in [5.41, 5.74) is 0.771. The Morgan fingerprint density at radius 1 is 1.29 bits per heavy atom. The van der Waals surface area contributed by atoms with E-state index in [0.717, 1.165) is 5.56 Å². The molecule has 4 heteroatoms. The van der Waals surface area contributed by atoms with Crippen molar-refractivity contribution in [2.45, 2.75) is 0 Å². The number of imidazole rings is 1. The van der Waals surface area contributed by atoms with Crippen molar-refractivity contribution in [1.82, 2.24) is 9.55 Å². The molecule has 14 heavy (non-hydrogen) atoms. The van der Waals surface area contributed by atoms with Crippen molar-refractivity contribution in [3.63, 3.8) is 0 Å². The van der Waals surface area contributed by atoms with Crippen LogP contribution in [0.3, 0.4) is 0 Å². The average molecular weight is 190 g/mol. The molecule has 1 aromatic carbocycles. The third kappa shape index (κ3) is 1.42. The lowest BCUT2D eigenvalue weighted by atomic mass is 10.2. The van der Waals surface area contributed by atoms with Gasteiger partial charge in [-0.3, -0.25) is 0 Å². The second kappa shape index (κ2) is 3.06. The van der Waals surface area contributed by atoms with Crippen molar-refractivity contribution in [3.05, 3.63) is 30.5 Å². The number of nitrogens with zero attached hydrogens (tertiary/aromatic N) is 2. The predicted molar refractivity (Wildman–Crippen MR) is 52.0 cm³/mol. The van der Waals surface area contributed by atoms with E-state index in [1.807, 2.05) is 6.07 Å². The van der Waals surface area contributed by atoms with E-state index in [1.165, 1.54) is 6.20 Å². The highest BCUT2D eigenvalue weighted by Crippen LogP contribution is 2.23. The van der Waals surface area contributed by atoms with E-state index in [1.54, 1.807) is 29.8 Å². The minimum Gasteiger partial charge on any atom is -0.508 e. The van der Waals surface area contributed by atoms with Crippen LogP contribution in [0.5, 0.6) is 11.6 Å². The lowest BCUT2D eigenvalue weighted by molar-refractivity contribution is 0.456. The summed E-state index contributed by atoms with van der Waals surface area (Å²) in [5.74, 6) is 0.786. The van der Waals surface area contributed by atoms with Gasteiger partial charge in [0.15, 0.2) is 0 Å². The zero-order valence-electron chi connectivity index (χ0n) is 7.68. The van der Waals surface area contributed by atoms with E-state index in [-0.39, 0.29) is 11.6 Å². The first-order valence-electron chi connectivity index (χ1n) is 4.18. The lowest BCUT2D eigenvalue weighted by Crippen LogP contribution is -1.90. The van der Waals surface area contributed by atoms with Crippen LogP contribution < -0.4 is 0 Å². The summed E-state index contributed by atoms with van der Waals surface area (Å²) in [4.78, 5) is 3.93. The molecule has 0 aliphatic carbocycles. The summed E-state index contributed by atoms with van der Waals surface area (Å²) in [7, 11) is 1.78. The number of phenolic OH excluding ortho intramolecular Hbond substituents is 1. The van der Waals surface area contributed by atoms with Gasteiger partial charge >= 0.3 is 0 Å². The maximum Gasteiger partial charge on any atom is 0.229 e. The van der Waals surface area contributed by atoms with Crippen LogP contribution in [-0.4, -0.2) is 19.8 Å². The number of hydrogen-bond acceptors (Lipinski definition) is 3. The van der Waals surface area contributed by atoms with Crippen molar-refractivity contribution >= 4 is 0 Å². The van der Waals surface area contributed by atoms with Crippen molar-refractivity contribution in [3.8, 4) is 23.0 Å². The van der Waals surface area contributed by atoms with Gasteiger partial charge in [0, 0.05) is 12.6 Å². The van der Waals surface area contributed by atoms with E-state index >= 15 is 0 Å². The van der Waals surface area contributed by atoms with E-state index in [4.69, 9.17) is 0 Å². The fourth-order valence-corrected chi connectivity index (χ4v) is 1.36. The fraction of sp³-hybridized carbons (Fsp3) is 0.100. The van der Waals surface area contributed by atoms with Crippen LogP contribution in [0.15, 0.2) is 30.5 Å². The average Bonchev–Trinajstić information content (AvgIpc) is 2.45. The Bertz CT molecular complexity index is 463. The van der Waals surface area contributed by atoms with Gasteiger partial charge in [-0.25, -0.2) is 0 Å². The second-order valence-electron chi connectivity index (χ2n) is 3.08. The smallest absolute Gasteiger partial charge is 0.229 e. The monoisotopic (exact) mass is 190 g/mol. The first-order chi connectivity index (χ1) is 6.66. The van der Waals surface area contributed by atoms with Crippen LogP contribution in [0, 0.1) is 0 Å². The molecule has 0 spiro atoms. The molecule has 0 aliphatic heterocycles. The maximum atomic E-state index is 9.27. The van der Waals surface area contributed by atoms with Crippen molar-refractivity contribution in [2.24, 2.45) is 7.05 Å². The van der Waals surface area contributed by atoms with E-state index < -0.39 is 0 Å². The Kier molecular flexibility index (Phi) is 1.89. The molecule has 2 aromatic rings. The number of hydrogen-bond donors (Lipinski definition) is 2. The summed E-state index contributed by atoms with van der Waals surface area (Å²) in [6.07, 6.45) is 1.51. The summed E-state index contributed by atoms with van der Waals surface area (Å²) in [5, 5.41) is 18.4. The van der Waals surface area contributed by atoms with Crippen LogP contribution in [0.1, 0.15) is 0 Å². The van der Waals surface area contributed by atoms with E-state index in [0.29, 0.717) is 5.82 Å². The molecule has 1 heterocycles. The van der Waals surface area contributed by atoms with Gasteiger partial charge in [0.05, 0.1) is 6.20 Å². The zero-order chi connectivity index (χ0) is 10.1. The molecule has 0 aliphatic rings. The van der Waals surface area contributed by atoms with Gasteiger partial charge in [-0.2, -0.15) is 4.98 Å². The Labute approximate surface area is 81.1 Å². The van der Waals surface area contributed by atoms with E-state index in [2.05, 4.69) is 4.98 Å². The molecule has 0 saturated heterocycles. The Hall–Kier alpha value is -1.97. The molecular weight excluding hydrogens is 180 g/mol. The minimum atomic E-state index is -0.0224. The molecule has 4 nitrogen and oxygen atoms in total. The molecule has 0 bridgehead atoms. The molecule has 0 radical (unpaired) electrons. The molecule has 1 aromatic heterocycles. The highest BCUT2D eigenvalue weighted by Gasteiger charge is 2.06. The molecule has 2 rings (SSSR count). The minimum absolute atomic E-state index is 0.0224. The standard InChI is InChI=1S/C10H10N2O2/c1-12-6-9(14)11-10(12)7-3-2-4-8(13)5-7/h2-6,13-14H,1H3. The number of rotatable bonds is 1. The summed E-state index contributed by atoms with van der Waals surface area (Å²) >= 11 is 0. The SMILES string of the molecule is Cn1cc(O)nc1-c1cccc(O)c1. The number of benzene rings is 1. The molecular formula is C10H10N2O2. The van der Waals surface area contributed by atoms with Gasteiger partial charge in [0.25, 0.3) is 0 Å². The maximum absolute atomic E-state index is 9.27. The molecule has 0 atom stereocenters. The van der Waals surface area contributed by atoms with Crippen LogP contribution in [-0.2, 0) is 7.05 Å². The molecule has 72 valence electrons. The fourth-order valence-electron chi connectivity index (χ4n) is 1.36. The summed E-state index contributed by atoms with van der Waals surface area (Å²) in [6, 6.07) is 6.74. The Balaban J connectivity index is 2.54. The molecule has 2 N–H and O–H groups in total.